The maximum Gasteiger partial charge on any atom is 0.0702 e. The zero-order valence-corrected chi connectivity index (χ0v) is 13.6. The zero-order valence-electron chi connectivity index (χ0n) is 12.0. The summed E-state index contributed by atoms with van der Waals surface area (Å²) in [6.07, 6.45) is 2.07. The average Bonchev–Trinajstić information content (AvgIpc) is 2.79. The van der Waals surface area contributed by atoms with Gasteiger partial charge in [0.1, 0.15) is 0 Å². The number of aromatic nitrogens is 2. The van der Waals surface area contributed by atoms with Crippen molar-refractivity contribution in [2.75, 3.05) is 5.32 Å². The van der Waals surface area contributed by atoms with Gasteiger partial charge in [-0.3, -0.25) is 4.68 Å². The summed E-state index contributed by atoms with van der Waals surface area (Å²) in [6.45, 7) is 6.97. The Morgan fingerprint density at radius 3 is 2.70 bits per heavy atom. The Morgan fingerprint density at radius 2 is 2.10 bits per heavy atom. The number of rotatable bonds is 5. The number of aliphatic hydroxyl groups excluding tert-OH is 1. The van der Waals surface area contributed by atoms with Gasteiger partial charge in [0.15, 0.2) is 0 Å². The van der Waals surface area contributed by atoms with Crippen LogP contribution >= 0.6 is 15.9 Å². The van der Waals surface area contributed by atoms with Crippen LogP contribution in [0, 0.1) is 6.92 Å². The molecule has 2 N–H and O–H groups in total. The van der Waals surface area contributed by atoms with Gasteiger partial charge in [-0.2, -0.15) is 5.10 Å². The number of hydrogen-bond acceptors (Lipinski definition) is 3. The Morgan fingerprint density at radius 1 is 1.35 bits per heavy atom. The summed E-state index contributed by atoms with van der Waals surface area (Å²) in [5, 5.41) is 17.3. The van der Waals surface area contributed by atoms with Crippen LogP contribution in [0.3, 0.4) is 0 Å². The van der Waals surface area contributed by atoms with Crippen LogP contribution in [-0.4, -0.2) is 14.9 Å². The van der Waals surface area contributed by atoms with E-state index in [1.807, 2.05) is 29.8 Å². The molecule has 20 heavy (non-hydrogen) atoms. The maximum atomic E-state index is 9.39. The standard InChI is InChI=1S/C15H20BrN3O/c1-10(2)19-8-13(11(3)18-19)7-17-15-5-4-14(16)6-12(15)9-20/h4-6,8,10,17,20H,7,9H2,1-3H3. The minimum Gasteiger partial charge on any atom is -0.392 e. The molecule has 0 unspecified atom stereocenters. The predicted octanol–water partition coefficient (Wildman–Crippen LogP) is 3.64. The van der Waals surface area contributed by atoms with Gasteiger partial charge in [0.2, 0.25) is 0 Å². The lowest BCUT2D eigenvalue weighted by Crippen LogP contribution is -2.03. The molecule has 0 aliphatic heterocycles. The van der Waals surface area contributed by atoms with Crippen molar-refractivity contribution in [1.29, 1.82) is 0 Å². The monoisotopic (exact) mass is 337 g/mol. The molecule has 0 saturated heterocycles. The summed E-state index contributed by atoms with van der Waals surface area (Å²) in [4.78, 5) is 0. The van der Waals surface area contributed by atoms with Crippen molar-refractivity contribution >= 4 is 21.6 Å². The third kappa shape index (κ3) is 3.41. The lowest BCUT2D eigenvalue weighted by atomic mass is 10.2. The molecule has 0 amide bonds. The highest BCUT2D eigenvalue weighted by molar-refractivity contribution is 9.10. The van der Waals surface area contributed by atoms with E-state index in [9.17, 15) is 5.11 Å². The second kappa shape index (κ2) is 6.41. The Labute approximate surface area is 127 Å². The molecule has 0 aliphatic carbocycles. The largest absolute Gasteiger partial charge is 0.392 e. The van der Waals surface area contributed by atoms with Crippen LogP contribution in [0.2, 0.25) is 0 Å². The van der Waals surface area contributed by atoms with Crippen molar-refractivity contribution in [3.8, 4) is 0 Å². The molecule has 0 spiro atoms. The van der Waals surface area contributed by atoms with Crippen LogP contribution in [-0.2, 0) is 13.2 Å². The average molecular weight is 338 g/mol. The Hall–Kier alpha value is -1.33. The van der Waals surface area contributed by atoms with Gasteiger partial charge in [0, 0.05) is 40.1 Å². The molecule has 0 aliphatic rings. The van der Waals surface area contributed by atoms with E-state index in [1.165, 1.54) is 5.56 Å². The van der Waals surface area contributed by atoms with Crippen molar-refractivity contribution in [2.24, 2.45) is 0 Å². The Balaban J connectivity index is 2.12. The van der Waals surface area contributed by atoms with Gasteiger partial charge in [-0.1, -0.05) is 15.9 Å². The fourth-order valence-corrected chi connectivity index (χ4v) is 2.42. The molecule has 2 aromatic rings. The van der Waals surface area contributed by atoms with Crippen molar-refractivity contribution in [2.45, 2.75) is 40.0 Å². The molecule has 0 radical (unpaired) electrons. The summed E-state index contributed by atoms with van der Waals surface area (Å²) >= 11 is 3.41. The van der Waals surface area contributed by atoms with Crippen molar-refractivity contribution in [3.05, 3.63) is 45.7 Å². The van der Waals surface area contributed by atoms with Crippen LogP contribution in [0.1, 0.15) is 36.7 Å². The van der Waals surface area contributed by atoms with Gasteiger partial charge in [-0.25, -0.2) is 0 Å². The van der Waals surface area contributed by atoms with Crippen molar-refractivity contribution < 1.29 is 5.11 Å². The molecule has 4 nitrogen and oxygen atoms in total. The topological polar surface area (TPSA) is 50.1 Å². The van der Waals surface area contributed by atoms with Gasteiger partial charge in [-0.05, 0) is 39.0 Å². The molecule has 108 valence electrons. The first-order chi connectivity index (χ1) is 9.51. The molecular weight excluding hydrogens is 318 g/mol. The number of aliphatic hydroxyl groups is 1. The molecule has 1 aromatic heterocycles. The number of nitrogens with one attached hydrogen (secondary N) is 1. The summed E-state index contributed by atoms with van der Waals surface area (Å²) in [5.41, 5.74) is 4.04. The molecule has 0 fully saturated rings. The minimum atomic E-state index is 0.0199. The first kappa shape index (κ1) is 15.1. The number of benzene rings is 1. The maximum absolute atomic E-state index is 9.39. The Kier molecular flexibility index (Phi) is 4.83. The molecule has 0 saturated carbocycles. The highest BCUT2D eigenvalue weighted by Gasteiger charge is 2.08. The zero-order chi connectivity index (χ0) is 14.7. The van der Waals surface area contributed by atoms with Crippen LogP contribution in [0.5, 0.6) is 0 Å². The quantitative estimate of drug-likeness (QED) is 0.875. The molecule has 1 aromatic carbocycles. The van der Waals surface area contributed by atoms with Crippen molar-refractivity contribution in [1.82, 2.24) is 9.78 Å². The van der Waals surface area contributed by atoms with E-state index in [2.05, 4.69) is 46.4 Å². The molecule has 0 atom stereocenters. The number of halogens is 1. The van der Waals surface area contributed by atoms with E-state index in [1.54, 1.807) is 0 Å². The fraction of sp³-hybridized carbons (Fsp3) is 0.400. The second-order valence-corrected chi connectivity index (χ2v) is 6.04. The van der Waals surface area contributed by atoms with E-state index in [0.717, 1.165) is 21.4 Å². The highest BCUT2D eigenvalue weighted by atomic mass is 79.9. The fourth-order valence-electron chi connectivity index (χ4n) is 2.01. The van der Waals surface area contributed by atoms with Gasteiger partial charge in [-0.15, -0.1) is 0 Å². The van der Waals surface area contributed by atoms with E-state index in [4.69, 9.17) is 0 Å². The SMILES string of the molecule is Cc1nn(C(C)C)cc1CNc1ccc(Br)cc1CO. The third-order valence-corrected chi connectivity index (χ3v) is 3.75. The third-order valence-electron chi connectivity index (χ3n) is 3.25. The number of aryl methyl sites for hydroxylation is 1. The molecule has 5 heteroatoms. The Bertz CT molecular complexity index is 593. The molecule has 1 heterocycles. The van der Waals surface area contributed by atoms with Gasteiger partial charge in [0.25, 0.3) is 0 Å². The van der Waals surface area contributed by atoms with E-state index in [0.29, 0.717) is 12.6 Å². The number of hydrogen-bond donors (Lipinski definition) is 2. The van der Waals surface area contributed by atoms with Crippen LogP contribution in [0.25, 0.3) is 0 Å². The highest BCUT2D eigenvalue weighted by Crippen LogP contribution is 2.22. The summed E-state index contributed by atoms with van der Waals surface area (Å²) in [7, 11) is 0. The molecular formula is C15H20BrN3O. The van der Waals surface area contributed by atoms with E-state index < -0.39 is 0 Å². The van der Waals surface area contributed by atoms with Crippen LogP contribution < -0.4 is 5.32 Å². The van der Waals surface area contributed by atoms with Gasteiger partial charge >= 0.3 is 0 Å². The summed E-state index contributed by atoms with van der Waals surface area (Å²) in [6, 6.07) is 6.22. The lowest BCUT2D eigenvalue weighted by Gasteiger charge is -2.10. The second-order valence-electron chi connectivity index (χ2n) is 5.13. The predicted molar refractivity (Wildman–Crippen MR) is 84.7 cm³/mol. The number of anilines is 1. The lowest BCUT2D eigenvalue weighted by molar-refractivity contribution is 0.282. The smallest absolute Gasteiger partial charge is 0.0702 e. The van der Waals surface area contributed by atoms with Gasteiger partial charge in [0.05, 0.1) is 12.3 Å². The minimum absolute atomic E-state index is 0.0199. The molecule has 0 bridgehead atoms. The first-order valence-electron chi connectivity index (χ1n) is 6.69. The molecule has 2 rings (SSSR count). The number of nitrogens with zero attached hydrogens (tertiary/aromatic N) is 2. The summed E-state index contributed by atoms with van der Waals surface area (Å²) in [5.74, 6) is 0. The van der Waals surface area contributed by atoms with E-state index in [-0.39, 0.29) is 6.61 Å². The van der Waals surface area contributed by atoms with E-state index >= 15 is 0 Å². The van der Waals surface area contributed by atoms with Crippen LogP contribution in [0.4, 0.5) is 5.69 Å². The summed E-state index contributed by atoms with van der Waals surface area (Å²) < 4.78 is 2.94. The van der Waals surface area contributed by atoms with Crippen LogP contribution in [0.15, 0.2) is 28.9 Å². The normalized spacial score (nSPS) is 11.1. The van der Waals surface area contributed by atoms with Gasteiger partial charge < -0.3 is 10.4 Å². The van der Waals surface area contributed by atoms with Crippen molar-refractivity contribution in [3.63, 3.8) is 0 Å². The first-order valence-corrected chi connectivity index (χ1v) is 7.48.